The van der Waals surface area contributed by atoms with E-state index in [0.717, 1.165) is 18.4 Å². The summed E-state index contributed by atoms with van der Waals surface area (Å²) in [7, 11) is 0. The molecule has 0 saturated carbocycles. The summed E-state index contributed by atoms with van der Waals surface area (Å²) in [5, 5.41) is 3.01. The summed E-state index contributed by atoms with van der Waals surface area (Å²) in [6, 6.07) is 10.1. The summed E-state index contributed by atoms with van der Waals surface area (Å²) < 4.78 is 0. The Labute approximate surface area is 116 Å². The molecule has 0 bridgehead atoms. The first-order chi connectivity index (χ1) is 9.01. The van der Waals surface area contributed by atoms with Crippen LogP contribution in [0.5, 0.6) is 0 Å². The Morgan fingerprint density at radius 3 is 2.47 bits per heavy atom. The summed E-state index contributed by atoms with van der Waals surface area (Å²) >= 11 is 0. The lowest BCUT2D eigenvalue weighted by atomic mass is 9.86. The van der Waals surface area contributed by atoms with Gasteiger partial charge in [-0.3, -0.25) is 4.79 Å². The molecule has 0 aliphatic heterocycles. The summed E-state index contributed by atoms with van der Waals surface area (Å²) in [6.07, 6.45) is 3.10. The van der Waals surface area contributed by atoms with Crippen LogP contribution in [0.2, 0.25) is 0 Å². The van der Waals surface area contributed by atoms with Gasteiger partial charge in [-0.15, -0.1) is 0 Å². The van der Waals surface area contributed by atoms with Gasteiger partial charge in [-0.05, 0) is 31.7 Å². The fourth-order valence-corrected chi connectivity index (χ4v) is 2.16. The van der Waals surface area contributed by atoms with Gasteiger partial charge >= 0.3 is 0 Å². The van der Waals surface area contributed by atoms with E-state index in [1.165, 1.54) is 0 Å². The van der Waals surface area contributed by atoms with E-state index >= 15 is 0 Å². The van der Waals surface area contributed by atoms with Crippen LogP contribution < -0.4 is 11.1 Å². The van der Waals surface area contributed by atoms with Crippen molar-refractivity contribution in [3.63, 3.8) is 0 Å². The third-order valence-electron chi connectivity index (χ3n) is 3.50. The van der Waals surface area contributed by atoms with Gasteiger partial charge in [0.05, 0.1) is 5.54 Å². The van der Waals surface area contributed by atoms with Gasteiger partial charge in [0.2, 0.25) is 5.91 Å². The number of carbonyl (C=O) groups excluding carboxylic acids is 1. The molecule has 0 radical (unpaired) electrons. The maximum atomic E-state index is 12.4. The normalized spacial score (nSPS) is 15.6. The predicted molar refractivity (Wildman–Crippen MR) is 79.9 cm³/mol. The maximum Gasteiger partial charge on any atom is 0.240 e. The Kier molecular flexibility index (Phi) is 6.03. The second-order valence-electron chi connectivity index (χ2n) is 5.35. The van der Waals surface area contributed by atoms with Crippen molar-refractivity contribution in [1.82, 2.24) is 5.32 Å². The van der Waals surface area contributed by atoms with E-state index in [9.17, 15) is 4.79 Å². The van der Waals surface area contributed by atoms with Crippen molar-refractivity contribution in [2.75, 3.05) is 0 Å². The van der Waals surface area contributed by atoms with Crippen molar-refractivity contribution in [1.29, 1.82) is 0 Å². The number of nitrogens with one attached hydrogen (secondary N) is 1. The molecule has 0 saturated heterocycles. The smallest absolute Gasteiger partial charge is 0.240 e. The van der Waals surface area contributed by atoms with E-state index in [4.69, 9.17) is 5.73 Å². The van der Waals surface area contributed by atoms with E-state index in [1.807, 2.05) is 37.3 Å². The van der Waals surface area contributed by atoms with Crippen LogP contribution >= 0.6 is 0 Å². The maximum absolute atomic E-state index is 12.4. The molecule has 2 atom stereocenters. The number of nitrogens with two attached hydrogens (primary N) is 1. The second-order valence-corrected chi connectivity index (χ2v) is 5.35. The van der Waals surface area contributed by atoms with Crippen molar-refractivity contribution < 1.29 is 4.79 Å². The van der Waals surface area contributed by atoms with Crippen LogP contribution in [0.1, 0.15) is 45.6 Å². The number of hydrogen-bond acceptors (Lipinski definition) is 2. The fourth-order valence-electron chi connectivity index (χ4n) is 2.16. The predicted octanol–water partition coefficient (Wildman–Crippen LogP) is 2.64. The Hall–Kier alpha value is -1.35. The number of benzene rings is 1. The molecule has 1 amide bonds. The molecule has 106 valence electrons. The highest BCUT2D eigenvalue weighted by Gasteiger charge is 2.33. The largest absolute Gasteiger partial charge is 0.352 e. The minimum atomic E-state index is -0.806. The number of hydrogen-bond donors (Lipinski definition) is 2. The lowest BCUT2D eigenvalue weighted by Gasteiger charge is -2.29. The Morgan fingerprint density at radius 2 is 1.95 bits per heavy atom. The van der Waals surface area contributed by atoms with Gasteiger partial charge in [-0.1, -0.05) is 50.6 Å². The van der Waals surface area contributed by atoms with E-state index in [1.54, 1.807) is 0 Å². The quantitative estimate of drug-likeness (QED) is 0.793. The molecular formula is C16H26N2O. The zero-order valence-electron chi connectivity index (χ0n) is 12.3. The van der Waals surface area contributed by atoms with Crippen molar-refractivity contribution in [3.05, 3.63) is 35.9 Å². The van der Waals surface area contributed by atoms with Crippen molar-refractivity contribution in [2.45, 2.75) is 58.0 Å². The highest BCUT2D eigenvalue weighted by atomic mass is 16.2. The zero-order chi connectivity index (χ0) is 14.3. The van der Waals surface area contributed by atoms with Crippen LogP contribution in [0.3, 0.4) is 0 Å². The summed E-state index contributed by atoms with van der Waals surface area (Å²) in [5.74, 6) is -0.0347. The van der Waals surface area contributed by atoms with E-state index in [0.29, 0.717) is 12.8 Å². The molecule has 2 unspecified atom stereocenters. The Balaban J connectivity index is 2.81. The van der Waals surface area contributed by atoms with Crippen LogP contribution in [0, 0.1) is 0 Å². The minimum Gasteiger partial charge on any atom is -0.352 e. The minimum absolute atomic E-state index is 0.0347. The second kappa shape index (κ2) is 7.29. The molecule has 3 N–H and O–H groups in total. The van der Waals surface area contributed by atoms with Gasteiger partial charge in [0.15, 0.2) is 0 Å². The molecule has 0 aromatic heterocycles. The number of amides is 1. The zero-order valence-corrected chi connectivity index (χ0v) is 12.3. The summed E-state index contributed by atoms with van der Waals surface area (Å²) in [5.41, 5.74) is 6.68. The molecule has 1 aromatic rings. The summed E-state index contributed by atoms with van der Waals surface area (Å²) in [6.45, 7) is 6.12. The molecule has 0 aliphatic rings. The van der Waals surface area contributed by atoms with Crippen LogP contribution in [-0.4, -0.2) is 17.5 Å². The molecule has 0 heterocycles. The molecule has 3 nitrogen and oxygen atoms in total. The van der Waals surface area contributed by atoms with Gasteiger partial charge in [0.1, 0.15) is 0 Å². The molecule has 3 heteroatoms. The molecular weight excluding hydrogens is 236 g/mol. The van der Waals surface area contributed by atoms with Gasteiger partial charge in [0.25, 0.3) is 0 Å². The average Bonchev–Trinajstić information content (AvgIpc) is 2.39. The lowest BCUT2D eigenvalue weighted by molar-refractivity contribution is -0.127. The van der Waals surface area contributed by atoms with Crippen LogP contribution in [0.15, 0.2) is 30.3 Å². The van der Waals surface area contributed by atoms with Crippen LogP contribution in [-0.2, 0) is 11.2 Å². The third-order valence-corrected chi connectivity index (χ3v) is 3.50. The number of carbonyl (C=O) groups is 1. The highest BCUT2D eigenvalue weighted by molar-refractivity contribution is 5.86. The highest BCUT2D eigenvalue weighted by Crippen LogP contribution is 2.17. The Morgan fingerprint density at radius 1 is 1.32 bits per heavy atom. The van der Waals surface area contributed by atoms with Crippen LogP contribution in [0.25, 0.3) is 0 Å². The first-order valence-electron chi connectivity index (χ1n) is 7.15. The monoisotopic (exact) mass is 262 g/mol. The van der Waals surface area contributed by atoms with Gasteiger partial charge in [0, 0.05) is 6.04 Å². The molecule has 1 aromatic carbocycles. The van der Waals surface area contributed by atoms with E-state index < -0.39 is 5.54 Å². The Bertz CT molecular complexity index is 391. The first kappa shape index (κ1) is 15.7. The standard InChI is InChI=1S/C16H26N2O/c1-4-11-16(17,15(19)18-13(3)5-2)12-14-9-7-6-8-10-14/h6-10,13H,4-5,11-12,17H2,1-3H3,(H,18,19). The van der Waals surface area contributed by atoms with E-state index in [-0.39, 0.29) is 11.9 Å². The van der Waals surface area contributed by atoms with Crippen molar-refractivity contribution in [3.8, 4) is 0 Å². The van der Waals surface area contributed by atoms with Gasteiger partial charge < -0.3 is 11.1 Å². The molecule has 19 heavy (non-hydrogen) atoms. The van der Waals surface area contributed by atoms with Crippen molar-refractivity contribution in [2.24, 2.45) is 5.73 Å². The molecule has 0 fully saturated rings. The average molecular weight is 262 g/mol. The molecule has 0 spiro atoms. The molecule has 0 aliphatic carbocycles. The molecule has 1 rings (SSSR count). The lowest BCUT2D eigenvalue weighted by Crippen LogP contribution is -2.57. The first-order valence-corrected chi connectivity index (χ1v) is 7.15. The SMILES string of the molecule is CCCC(N)(Cc1ccccc1)C(=O)NC(C)CC. The fraction of sp³-hybridized carbons (Fsp3) is 0.562. The van der Waals surface area contributed by atoms with Crippen LogP contribution in [0.4, 0.5) is 0 Å². The van der Waals surface area contributed by atoms with Gasteiger partial charge in [-0.2, -0.15) is 0 Å². The van der Waals surface area contributed by atoms with Gasteiger partial charge in [-0.25, -0.2) is 0 Å². The summed E-state index contributed by atoms with van der Waals surface area (Å²) in [4.78, 5) is 12.4. The van der Waals surface area contributed by atoms with Crippen molar-refractivity contribution >= 4 is 5.91 Å². The van der Waals surface area contributed by atoms with E-state index in [2.05, 4.69) is 19.2 Å². The topological polar surface area (TPSA) is 55.1 Å². The third kappa shape index (κ3) is 4.67. The number of rotatable bonds is 7.